The molecule has 0 fully saturated rings. The number of halogens is 1. The van der Waals surface area contributed by atoms with E-state index in [9.17, 15) is 9.18 Å². The molecule has 1 heterocycles. The lowest BCUT2D eigenvalue weighted by Crippen LogP contribution is -2.11. The number of anilines is 1. The van der Waals surface area contributed by atoms with Crippen molar-refractivity contribution in [3.8, 4) is 0 Å². The van der Waals surface area contributed by atoms with Gasteiger partial charge in [0.05, 0.1) is 10.2 Å². The zero-order chi connectivity index (χ0) is 16.9. The van der Waals surface area contributed by atoms with Gasteiger partial charge in [-0.1, -0.05) is 29.0 Å². The van der Waals surface area contributed by atoms with Crippen LogP contribution in [0.5, 0.6) is 0 Å². The van der Waals surface area contributed by atoms with Crippen molar-refractivity contribution in [2.24, 2.45) is 0 Å². The molecular formula is C18H17FN2OS2. The Morgan fingerprint density at radius 2 is 2.04 bits per heavy atom. The van der Waals surface area contributed by atoms with Crippen molar-refractivity contribution in [2.75, 3.05) is 11.1 Å². The number of hydrogen-bond acceptors (Lipinski definition) is 4. The quantitative estimate of drug-likeness (QED) is 0.482. The van der Waals surface area contributed by atoms with Gasteiger partial charge in [0.1, 0.15) is 5.82 Å². The summed E-state index contributed by atoms with van der Waals surface area (Å²) >= 11 is 3.04. The lowest BCUT2D eigenvalue weighted by molar-refractivity contribution is -0.116. The van der Waals surface area contributed by atoms with E-state index in [-0.39, 0.29) is 11.7 Å². The number of hydrogen-bond donors (Lipinski definition) is 1. The van der Waals surface area contributed by atoms with Crippen LogP contribution in [0.4, 0.5) is 9.52 Å². The van der Waals surface area contributed by atoms with E-state index in [2.05, 4.69) is 41.5 Å². The average molecular weight is 360 g/mol. The summed E-state index contributed by atoms with van der Waals surface area (Å²) in [5, 5.41) is 3.31. The summed E-state index contributed by atoms with van der Waals surface area (Å²) in [4.78, 5) is 17.5. The van der Waals surface area contributed by atoms with Gasteiger partial charge in [0.25, 0.3) is 0 Å². The van der Waals surface area contributed by atoms with Crippen LogP contribution in [0.2, 0.25) is 0 Å². The fourth-order valence-corrected chi connectivity index (χ4v) is 3.95. The van der Waals surface area contributed by atoms with E-state index in [1.807, 2.05) is 0 Å². The Labute approximate surface area is 148 Å². The number of carbonyl (C=O) groups excluding carboxylic acids is 1. The van der Waals surface area contributed by atoms with E-state index in [0.717, 1.165) is 16.9 Å². The van der Waals surface area contributed by atoms with Gasteiger partial charge in [-0.25, -0.2) is 9.37 Å². The van der Waals surface area contributed by atoms with Crippen molar-refractivity contribution >= 4 is 44.4 Å². The number of fused-ring (bicyclic) bond motifs is 1. The lowest BCUT2D eigenvalue weighted by atomic mass is 10.2. The molecule has 1 amide bonds. The second kappa shape index (κ2) is 7.77. The molecule has 3 nitrogen and oxygen atoms in total. The monoisotopic (exact) mass is 360 g/mol. The number of aromatic nitrogens is 1. The van der Waals surface area contributed by atoms with Gasteiger partial charge < -0.3 is 5.32 Å². The van der Waals surface area contributed by atoms with E-state index >= 15 is 0 Å². The van der Waals surface area contributed by atoms with Crippen molar-refractivity contribution in [1.82, 2.24) is 4.98 Å². The second-order valence-corrected chi connectivity index (χ2v) is 7.64. The smallest absolute Gasteiger partial charge is 0.226 e. The highest BCUT2D eigenvalue weighted by atomic mass is 32.2. The summed E-state index contributed by atoms with van der Waals surface area (Å²) in [7, 11) is 0. The van der Waals surface area contributed by atoms with E-state index in [4.69, 9.17) is 0 Å². The molecule has 0 bridgehead atoms. The van der Waals surface area contributed by atoms with Gasteiger partial charge >= 0.3 is 0 Å². The van der Waals surface area contributed by atoms with Crippen molar-refractivity contribution in [3.05, 3.63) is 53.8 Å². The van der Waals surface area contributed by atoms with Gasteiger partial charge in [0.2, 0.25) is 5.91 Å². The summed E-state index contributed by atoms with van der Waals surface area (Å²) in [5.41, 5.74) is 1.95. The molecule has 0 atom stereocenters. The van der Waals surface area contributed by atoms with Crippen LogP contribution >= 0.6 is 23.1 Å². The molecule has 0 aliphatic carbocycles. The van der Waals surface area contributed by atoms with Crippen molar-refractivity contribution in [3.63, 3.8) is 0 Å². The molecule has 0 saturated heterocycles. The summed E-state index contributed by atoms with van der Waals surface area (Å²) < 4.78 is 13.9. The number of aryl methyl sites for hydroxylation is 1. The lowest BCUT2D eigenvalue weighted by Gasteiger charge is -2.03. The molecule has 0 radical (unpaired) electrons. The van der Waals surface area contributed by atoms with Gasteiger partial charge in [-0.2, -0.15) is 0 Å². The van der Waals surface area contributed by atoms with Crippen LogP contribution < -0.4 is 5.32 Å². The number of benzene rings is 2. The predicted octanol–water partition coefficient (Wildman–Crippen LogP) is 5.25. The number of thioether (sulfide) groups is 1. The minimum Gasteiger partial charge on any atom is -0.302 e. The first kappa shape index (κ1) is 16.9. The number of carbonyl (C=O) groups is 1. The molecule has 2 aromatic carbocycles. The fraction of sp³-hybridized carbons (Fsp3) is 0.222. The molecule has 1 aromatic heterocycles. The van der Waals surface area contributed by atoms with Gasteiger partial charge in [-0.15, -0.1) is 11.8 Å². The minimum absolute atomic E-state index is 0.0564. The topological polar surface area (TPSA) is 42.0 Å². The van der Waals surface area contributed by atoms with Crippen molar-refractivity contribution in [1.29, 1.82) is 0 Å². The van der Waals surface area contributed by atoms with Crippen LogP contribution in [0.1, 0.15) is 18.4 Å². The molecule has 24 heavy (non-hydrogen) atoms. The molecule has 0 spiro atoms. The van der Waals surface area contributed by atoms with Crippen molar-refractivity contribution in [2.45, 2.75) is 24.7 Å². The Morgan fingerprint density at radius 1 is 1.25 bits per heavy atom. The van der Waals surface area contributed by atoms with Crippen LogP contribution in [-0.2, 0) is 4.79 Å². The number of nitrogens with one attached hydrogen (secondary N) is 1. The fourth-order valence-electron chi connectivity index (χ4n) is 2.19. The third kappa shape index (κ3) is 4.55. The molecule has 6 heteroatoms. The van der Waals surface area contributed by atoms with Crippen LogP contribution in [0.15, 0.2) is 47.4 Å². The number of thiazole rings is 1. The highest BCUT2D eigenvalue weighted by Gasteiger charge is 2.08. The van der Waals surface area contributed by atoms with Gasteiger partial charge in [-0.05, 0) is 49.4 Å². The van der Waals surface area contributed by atoms with E-state index in [1.54, 1.807) is 17.8 Å². The zero-order valence-electron chi connectivity index (χ0n) is 13.2. The third-order valence-electron chi connectivity index (χ3n) is 3.43. The highest BCUT2D eigenvalue weighted by Crippen LogP contribution is 2.26. The molecule has 1 N–H and O–H groups in total. The Balaban J connectivity index is 1.45. The third-order valence-corrected chi connectivity index (χ3v) is 5.47. The van der Waals surface area contributed by atoms with Crippen LogP contribution in [0.3, 0.4) is 0 Å². The first-order valence-electron chi connectivity index (χ1n) is 7.65. The van der Waals surface area contributed by atoms with Crippen LogP contribution in [0.25, 0.3) is 10.2 Å². The number of nitrogens with zero attached hydrogens (tertiary/aromatic N) is 1. The standard InChI is InChI=1S/C18H17FN2OS2/c1-12-4-7-14(8-5-12)23-10-2-3-17(22)21-18-20-15-9-6-13(19)11-16(15)24-18/h4-9,11H,2-3,10H2,1H3,(H,20,21,22). The summed E-state index contributed by atoms with van der Waals surface area (Å²) in [6.07, 6.45) is 1.24. The maximum atomic E-state index is 13.2. The molecule has 0 unspecified atom stereocenters. The predicted molar refractivity (Wildman–Crippen MR) is 99.3 cm³/mol. The number of rotatable bonds is 6. The zero-order valence-corrected chi connectivity index (χ0v) is 14.8. The van der Waals surface area contributed by atoms with E-state index in [1.165, 1.54) is 33.9 Å². The molecule has 0 aliphatic heterocycles. The first-order valence-corrected chi connectivity index (χ1v) is 9.46. The van der Waals surface area contributed by atoms with Crippen LogP contribution in [-0.4, -0.2) is 16.6 Å². The molecule has 3 rings (SSSR count). The van der Waals surface area contributed by atoms with E-state index < -0.39 is 0 Å². The summed E-state index contributed by atoms with van der Waals surface area (Å²) in [6.45, 7) is 2.06. The summed E-state index contributed by atoms with van der Waals surface area (Å²) in [5.74, 6) is 0.540. The molecule has 124 valence electrons. The minimum atomic E-state index is -0.294. The van der Waals surface area contributed by atoms with Gasteiger partial charge in [-0.3, -0.25) is 4.79 Å². The highest BCUT2D eigenvalue weighted by molar-refractivity contribution is 7.99. The molecule has 0 saturated carbocycles. The summed E-state index contributed by atoms with van der Waals surface area (Å²) in [6, 6.07) is 12.8. The van der Waals surface area contributed by atoms with Gasteiger partial charge in [0.15, 0.2) is 5.13 Å². The van der Waals surface area contributed by atoms with E-state index in [0.29, 0.717) is 17.1 Å². The SMILES string of the molecule is Cc1ccc(SCCCC(=O)Nc2nc3ccc(F)cc3s2)cc1. The largest absolute Gasteiger partial charge is 0.302 e. The maximum Gasteiger partial charge on any atom is 0.226 e. The maximum absolute atomic E-state index is 13.2. The van der Waals surface area contributed by atoms with Crippen LogP contribution in [0, 0.1) is 12.7 Å². The first-order chi connectivity index (χ1) is 11.6. The molecule has 0 aliphatic rings. The molecule has 3 aromatic rings. The second-order valence-electron chi connectivity index (χ2n) is 5.44. The molecular weight excluding hydrogens is 343 g/mol. The average Bonchev–Trinajstić information content (AvgIpc) is 2.94. The van der Waals surface area contributed by atoms with Gasteiger partial charge in [0, 0.05) is 11.3 Å². The Kier molecular flexibility index (Phi) is 5.48. The Hall–Kier alpha value is -1.92. The Morgan fingerprint density at radius 3 is 2.83 bits per heavy atom. The normalized spacial score (nSPS) is 10.9. The number of amides is 1. The Bertz CT molecular complexity index is 846. The van der Waals surface area contributed by atoms with Crippen molar-refractivity contribution < 1.29 is 9.18 Å².